The van der Waals surface area contributed by atoms with E-state index in [1.807, 2.05) is 18.2 Å². The van der Waals surface area contributed by atoms with Gasteiger partial charge >= 0.3 is 0 Å². The van der Waals surface area contributed by atoms with Gasteiger partial charge in [-0.25, -0.2) is 0 Å². The second kappa shape index (κ2) is 8.24. The molecule has 6 nitrogen and oxygen atoms in total. The SMILES string of the molecule is COC1CCC(CN=C(N)Nc2ccc3c(c2)OCCCO3)CC1. The van der Waals surface area contributed by atoms with Crippen LogP contribution in [0.2, 0.25) is 0 Å². The highest BCUT2D eigenvalue weighted by molar-refractivity contribution is 5.92. The van der Waals surface area contributed by atoms with E-state index in [0.717, 1.165) is 55.8 Å². The number of aliphatic imine (C=N–C) groups is 1. The molecule has 132 valence electrons. The van der Waals surface area contributed by atoms with Gasteiger partial charge in [-0.05, 0) is 43.7 Å². The molecule has 0 bridgehead atoms. The third-order valence-corrected chi connectivity index (χ3v) is 4.67. The quantitative estimate of drug-likeness (QED) is 0.654. The van der Waals surface area contributed by atoms with E-state index in [1.165, 1.54) is 0 Å². The van der Waals surface area contributed by atoms with Gasteiger partial charge in [-0.15, -0.1) is 0 Å². The predicted molar refractivity (Wildman–Crippen MR) is 94.9 cm³/mol. The van der Waals surface area contributed by atoms with Crippen molar-refractivity contribution in [3.05, 3.63) is 18.2 Å². The van der Waals surface area contributed by atoms with Gasteiger partial charge in [0.05, 0.1) is 19.3 Å². The van der Waals surface area contributed by atoms with Crippen molar-refractivity contribution in [1.29, 1.82) is 0 Å². The largest absolute Gasteiger partial charge is 0.490 e. The summed E-state index contributed by atoms with van der Waals surface area (Å²) in [5.41, 5.74) is 6.89. The summed E-state index contributed by atoms with van der Waals surface area (Å²) in [5.74, 6) is 2.57. The summed E-state index contributed by atoms with van der Waals surface area (Å²) in [6.45, 7) is 2.12. The molecule has 24 heavy (non-hydrogen) atoms. The van der Waals surface area contributed by atoms with E-state index >= 15 is 0 Å². The molecule has 0 aromatic heterocycles. The molecule has 1 fully saturated rings. The monoisotopic (exact) mass is 333 g/mol. The van der Waals surface area contributed by atoms with E-state index in [-0.39, 0.29) is 0 Å². The molecule has 1 aromatic rings. The van der Waals surface area contributed by atoms with Crippen molar-refractivity contribution in [2.45, 2.75) is 38.2 Å². The van der Waals surface area contributed by atoms with Gasteiger partial charge in [0.15, 0.2) is 17.5 Å². The number of hydrogen-bond acceptors (Lipinski definition) is 4. The Morgan fingerprint density at radius 3 is 2.71 bits per heavy atom. The Bertz CT molecular complexity index is 569. The first-order chi connectivity index (χ1) is 11.7. The molecule has 3 N–H and O–H groups in total. The first-order valence-corrected chi connectivity index (χ1v) is 8.74. The maximum absolute atomic E-state index is 6.03. The van der Waals surface area contributed by atoms with Gasteiger partial charge in [0.2, 0.25) is 0 Å². The van der Waals surface area contributed by atoms with Crippen LogP contribution in [0, 0.1) is 5.92 Å². The molecule has 1 aliphatic carbocycles. The van der Waals surface area contributed by atoms with Crippen LogP contribution in [0.1, 0.15) is 32.1 Å². The zero-order valence-corrected chi connectivity index (χ0v) is 14.3. The average molecular weight is 333 g/mol. The zero-order valence-electron chi connectivity index (χ0n) is 14.3. The number of fused-ring (bicyclic) bond motifs is 1. The van der Waals surface area contributed by atoms with Crippen LogP contribution in [-0.2, 0) is 4.74 Å². The second-order valence-corrected chi connectivity index (χ2v) is 6.44. The van der Waals surface area contributed by atoms with E-state index in [1.54, 1.807) is 7.11 Å². The van der Waals surface area contributed by atoms with Crippen LogP contribution in [0.5, 0.6) is 11.5 Å². The number of hydrogen-bond donors (Lipinski definition) is 2. The second-order valence-electron chi connectivity index (χ2n) is 6.44. The molecule has 1 aromatic carbocycles. The lowest BCUT2D eigenvalue weighted by Gasteiger charge is -2.26. The third-order valence-electron chi connectivity index (χ3n) is 4.67. The maximum Gasteiger partial charge on any atom is 0.193 e. The minimum atomic E-state index is 0.419. The van der Waals surface area contributed by atoms with Crippen molar-refractivity contribution in [2.75, 3.05) is 32.2 Å². The lowest BCUT2D eigenvalue weighted by molar-refractivity contribution is 0.0581. The summed E-state index contributed by atoms with van der Waals surface area (Å²) in [6, 6.07) is 5.74. The first-order valence-electron chi connectivity index (χ1n) is 8.74. The van der Waals surface area contributed by atoms with Crippen LogP contribution in [0.3, 0.4) is 0 Å². The van der Waals surface area contributed by atoms with Crippen molar-refractivity contribution in [2.24, 2.45) is 16.6 Å². The fraction of sp³-hybridized carbons (Fsp3) is 0.611. The molecular formula is C18H27N3O3. The van der Waals surface area contributed by atoms with Crippen molar-refractivity contribution >= 4 is 11.6 Å². The molecule has 0 radical (unpaired) electrons. The highest BCUT2D eigenvalue weighted by Crippen LogP contribution is 2.32. The van der Waals surface area contributed by atoms with Gasteiger partial charge in [0, 0.05) is 31.8 Å². The lowest BCUT2D eigenvalue weighted by atomic mass is 9.87. The molecule has 1 aliphatic heterocycles. The van der Waals surface area contributed by atoms with Crippen molar-refractivity contribution in [3.8, 4) is 11.5 Å². The molecule has 0 amide bonds. The molecule has 0 unspecified atom stereocenters. The van der Waals surface area contributed by atoms with E-state index in [9.17, 15) is 0 Å². The van der Waals surface area contributed by atoms with Gasteiger partial charge in [0.1, 0.15) is 0 Å². The zero-order chi connectivity index (χ0) is 16.8. The maximum atomic E-state index is 6.03. The van der Waals surface area contributed by atoms with Crippen molar-refractivity contribution < 1.29 is 14.2 Å². The third kappa shape index (κ3) is 4.54. The molecule has 2 aliphatic rings. The molecule has 0 saturated heterocycles. The minimum absolute atomic E-state index is 0.419. The summed E-state index contributed by atoms with van der Waals surface area (Å²) in [6.07, 6.45) is 5.85. The Kier molecular flexibility index (Phi) is 5.80. The predicted octanol–water partition coefficient (Wildman–Crippen LogP) is 2.78. The van der Waals surface area contributed by atoms with Crippen molar-refractivity contribution in [3.63, 3.8) is 0 Å². The summed E-state index contributed by atoms with van der Waals surface area (Å²) in [5, 5.41) is 3.14. The number of nitrogens with one attached hydrogen (secondary N) is 1. The van der Waals surface area contributed by atoms with E-state index < -0.39 is 0 Å². The number of rotatable bonds is 4. The Hall–Kier alpha value is -1.95. The summed E-state index contributed by atoms with van der Waals surface area (Å²) >= 11 is 0. The molecular weight excluding hydrogens is 306 g/mol. The fourth-order valence-electron chi connectivity index (χ4n) is 3.21. The lowest BCUT2D eigenvalue weighted by Crippen LogP contribution is -2.26. The highest BCUT2D eigenvalue weighted by atomic mass is 16.5. The molecule has 0 atom stereocenters. The van der Waals surface area contributed by atoms with Gasteiger partial charge in [-0.3, -0.25) is 4.99 Å². The van der Waals surface area contributed by atoms with Crippen LogP contribution in [0.25, 0.3) is 0 Å². The topological polar surface area (TPSA) is 78.1 Å². The molecule has 6 heteroatoms. The number of benzene rings is 1. The number of nitrogens with two attached hydrogens (primary N) is 1. The number of guanidine groups is 1. The Balaban J connectivity index is 1.53. The Morgan fingerprint density at radius 2 is 1.96 bits per heavy atom. The Labute approximate surface area is 143 Å². The van der Waals surface area contributed by atoms with Crippen LogP contribution in [-0.4, -0.2) is 38.9 Å². The summed E-state index contributed by atoms with van der Waals surface area (Å²) in [7, 11) is 1.79. The molecule has 0 spiro atoms. The van der Waals surface area contributed by atoms with Crippen LogP contribution in [0.15, 0.2) is 23.2 Å². The van der Waals surface area contributed by atoms with Crippen LogP contribution < -0.4 is 20.5 Å². The number of ether oxygens (including phenoxy) is 3. The first kappa shape index (κ1) is 16.9. The standard InChI is InChI=1S/C18H27N3O3/c1-22-15-6-3-13(4-7-15)12-20-18(19)21-14-5-8-16-17(11-14)24-10-2-9-23-16/h5,8,11,13,15H,2-4,6-7,9-10,12H2,1H3,(H3,19,20,21). The van der Waals surface area contributed by atoms with Gasteiger partial charge < -0.3 is 25.3 Å². The van der Waals surface area contributed by atoms with Gasteiger partial charge in [0.25, 0.3) is 0 Å². The smallest absolute Gasteiger partial charge is 0.193 e. The summed E-state index contributed by atoms with van der Waals surface area (Å²) < 4.78 is 16.7. The fourth-order valence-corrected chi connectivity index (χ4v) is 3.21. The average Bonchev–Trinajstić information content (AvgIpc) is 2.85. The van der Waals surface area contributed by atoms with E-state index in [2.05, 4.69) is 10.3 Å². The van der Waals surface area contributed by atoms with Gasteiger partial charge in [-0.1, -0.05) is 0 Å². The molecule has 1 heterocycles. The van der Waals surface area contributed by atoms with E-state index in [4.69, 9.17) is 19.9 Å². The highest BCUT2D eigenvalue weighted by Gasteiger charge is 2.20. The normalized spacial score (nSPS) is 24.3. The van der Waals surface area contributed by atoms with Crippen LogP contribution in [0.4, 0.5) is 5.69 Å². The minimum Gasteiger partial charge on any atom is -0.490 e. The number of methoxy groups -OCH3 is 1. The molecule has 1 saturated carbocycles. The number of nitrogens with zero attached hydrogens (tertiary/aromatic N) is 1. The summed E-state index contributed by atoms with van der Waals surface area (Å²) in [4.78, 5) is 4.49. The Morgan fingerprint density at radius 1 is 1.21 bits per heavy atom. The van der Waals surface area contributed by atoms with E-state index in [0.29, 0.717) is 31.2 Å². The van der Waals surface area contributed by atoms with Crippen LogP contribution >= 0.6 is 0 Å². The van der Waals surface area contributed by atoms with Crippen molar-refractivity contribution in [1.82, 2.24) is 0 Å². The number of anilines is 1. The molecule has 3 rings (SSSR count). The van der Waals surface area contributed by atoms with Gasteiger partial charge in [-0.2, -0.15) is 0 Å².